The van der Waals surface area contributed by atoms with Gasteiger partial charge in [-0.15, -0.1) is 0 Å². The van der Waals surface area contributed by atoms with Crippen molar-refractivity contribution in [2.45, 2.75) is 44.2 Å². The molecular formula is C24H29N3O5S. The maximum atomic E-state index is 12.9. The number of amides is 1. The summed E-state index contributed by atoms with van der Waals surface area (Å²) < 4.78 is 31.9. The monoisotopic (exact) mass is 471 g/mol. The number of imidazole rings is 1. The van der Waals surface area contributed by atoms with Crippen LogP contribution in [0.25, 0.3) is 11.0 Å². The molecule has 2 aromatic carbocycles. The van der Waals surface area contributed by atoms with Gasteiger partial charge in [0.1, 0.15) is 0 Å². The van der Waals surface area contributed by atoms with Gasteiger partial charge in [-0.25, -0.2) is 8.42 Å². The summed E-state index contributed by atoms with van der Waals surface area (Å²) in [4.78, 5) is 17.7. The van der Waals surface area contributed by atoms with Crippen molar-refractivity contribution in [1.82, 2.24) is 14.9 Å². The Morgan fingerprint density at radius 2 is 1.94 bits per heavy atom. The molecule has 2 N–H and O–H groups in total. The highest BCUT2D eigenvalue weighted by Gasteiger charge is 2.24. The number of aliphatic hydroxyl groups is 1. The Hall–Kier alpha value is -2.91. The number of ether oxygens (including phenoxy) is 1. The van der Waals surface area contributed by atoms with Crippen molar-refractivity contribution < 1.29 is 23.1 Å². The number of aryl methyl sites for hydroxylation is 1. The Morgan fingerprint density at radius 1 is 1.21 bits per heavy atom. The molecule has 3 aromatic rings. The molecule has 1 amide bonds. The van der Waals surface area contributed by atoms with E-state index >= 15 is 0 Å². The van der Waals surface area contributed by atoms with Gasteiger partial charge in [0.2, 0.25) is 0 Å². The fourth-order valence-corrected chi connectivity index (χ4v) is 4.58. The van der Waals surface area contributed by atoms with E-state index in [1.165, 1.54) is 25.0 Å². The molecule has 1 aliphatic carbocycles. The van der Waals surface area contributed by atoms with Crippen LogP contribution in [0.1, 0.15) is 48.7 Å². The highest BCUT2D eigenvalue weighted by Crippen LogP contribution is 2.30. The third-order valence-electron chi connectivity index (χ3n) is 5.95. The molecule has 176 valence electrons. The van der Waals surface area contributed by atoms with Gasteiger partial charge < -0.3 is 15.2 Å². The largest absolute Gasteiger partial charge is 0.464 e. The molecule has 1 atom stereocenters. The molecule has 4 rings (SSSR count). The van der Waals surface area contributed by atoms with Gasteiger partial charge in [-0.2, -0.15) is 4.98 Å². The minimum atomic E-state index is -3.31. The summed E-state index contributed by atoms with van der Waals surface area (Å²) in [5.74, 6) is 0.270. The van der Waals surface area contributed by atoms with Gasteiger partial charge in [-0.1, -0.05) is 19.1 Å². The van der Waals surface area contributed by atoms with Crippen molar-refractivity contribution in [3.63, 3.8) is 0 Å². The second kappa shape index (κ2) is 9.52. The van der Waals surface area contributed by atoms with Crippen molar-refractivity contribution in [1.29, 1.82) is 0 Å². The summed E-state index contributed by atoms with van der Waals surface area (Å²) in [5.41, 5.74) is 2.60. The zero-order chi connectivity index (χ0) is 23.6. The number of hydrogen-bond donors (Lipinski definition) is 2. The number of hydrogen-bond acceptors (Lipinski definition) is 6. The summed E-state index contributed by atoms with van der Waals surface area (Å²) in [6.07, 6.45) is 2.39. The van der Waals surface area contributed by atoms with Crippen LogP contribution >= 0.6 is 0 Å². The fourth-order valence-electron chi connectivity index (χ4n) is 3.69. The highest BCUT2D eigenvalue weighted by atomic mass is 32.2. The molecule has 1 saturated carbocycles. The van der Waals surface area contributed by atoms with Crippen molar-refractivity contribution in [2.75, 3.05) is 19.0 Å². The van der Waals surface area contributed by atoms with Gasteiger partial charge in [0.25, 0.3) is 11.9 Å². The number of aromatic nitrogens is 2. The number of rotatable bonds is 10. The van der Waals surface area contributed by atoms with Gasteiger partial charge in [-0.05, 0) is 61.6 Å². The van der Waals surface area contributed by atoms with Gasteiger partial charge in [0.05, 0.1) is 40.9 Å². The molecule has 1 aromatic heterocycles. The van der Waals surface area contributed by atoms with E-state index < -0.39 is 15.9 Å². The molecule has 1 heterocycles. The summed E-state index contributed by atoms with van der Waals surface area (Å²) in [6, 6.07) is 11.4. The summed E-state index contributed by atoms with van der Waals surface area (Å²) in [7, 11) is -3.31. The first-order valence-electron chi connectivity index (χ1n) is 11.2. The number of carbonyl (C=O) groups excluding carboxylic acids is 1. The van der Waals surface area contributed by atoms with Gasteiger partial charge in [-0.3, -0.25) is 9.36 Å². The van der Waals surface area contributed by atoms with E-state index in [0.717, 1.165) is 5.52 Å². The predicted octanol–water partition coefficient (Wildman–Crippen LogP) is 3.10. The first-order chi connectivity index (χ1) is 15.9. The molecule has 33 heavy (non-hydrogen) atoms. The maximum absolute atomic E-state index is 12.9. The van der Waals surface area contributed by atoms with E-state index in [1.54, 1.807) is 31.2 Å². The first kappa shape index (κ1) is 23.3. The predicted molar refractivity (Wildman–Crippen MR) is 125 cm³/mol. The number of carbonyl (C=O) groups is 1. The Bertz CT molecular complexity index is 1250. The minimum absolute atomic E-state index is 0.0100. The average Bonchev–Trinajstić information content (AvgIpc) is 3.60. The van der Waals surface area contributed by atoms with Crippen LogP contribution in [0.5, 0.6) is 6.01 Å². The Labute approximate surface area is 193 Å². The van der Waals surface area contributed by atoms with Crippen LogP contribution in [0.15, 0.2) is 47.4 Å². The van der Waals surface area contributed by atoms with Crippen molar-refractivity contribution in [2.24, 2.45) is 5.92 Å². The smallest absolute Gasteiger partial charge is 0.297 e. The van der Waals surface area contributed by atoms with E-state index in [2.05, 4.69) is 10.3 Å². The third kappa shape index (κ3) is 5.04. The van der Waals surface area contributed by atoms with Crippen molar-refractivity contribution in [3.8, 4) is 6.01 Å². The van der Waals surface area contributed by atoms with Crippen LogP contribution in [-0.2, 0) is 16.4 Å². The van der Waals surface area contributed by atoms with Crippen LogP contribution in [-0.4, -0.2) is 47.9 Å². The summed E-state index contributed by atoms with van der Waals surface area (Å²) >= 11 is 0. The number of sulfone groups is 1. The van der Waals surface area contributed by atoms with E-state index in [0.29, 0.717) is 41.7 Å². The van der Waals surface area contributed by atoms with Crippen molar-refractivity contribution in [3.05, 3.63) is 53.6 Å². The fraction of sp³-hybridized carbons (Fsp3) is 0.417. The standard InChI is InChI=1S/C24H29N3O5S/c1-3-27-22-12-9-18(13-20(22)26-24(27)32-15-16-5-6-16)23(29)25-21(14-28)17-7-10-19(11-8-17)33(30,31)4-2/h7-13,16,21,28H,3-6,14-15H2,1-2H3,(H,25,29)/t21-/m0/s1. The molecule has 0 radical (unpaired) electrons. The van der Waals surface area contributed by atoms with E-state index in [1.807, 2.05) is 17.6 Å². The molecule has 0 bridgehead atoms. The van der Waals surface area contributed by atoms with Gasteiger partial charge >= 0.3 is 0 Å². The average molecular weight is 472 g/mol. The normalized spacial score (nSPS) is 14.9. The van der Waals surface area contributed by atoms with Crippen LogP contribution < -0.4 is 10.1 Å². The minimum Gasteiger partial charge on any atom is -0.464 e. The number of aliphatic hydroxyl groups excluding tert-OH is 1. The second-order valence-electron chi connectivity index (χ2n) is 8.28. The van der Waals surface area contributed by atoms with Crippen LogP contribution in [0.4, 0.5) is 0 Å². The molecule has 8 nitrogen and oxygen atoms in total. The van der Waals surface area contributed by atoms with E-state index in [9.17, 15) is 18.3 Å². The molecule has 9 heteroatoms. The lowest BCUT2D eigenvalue weighted by atomic mass is 10.1. The lowest BCUT2D eigenvalue weighted by Crippen LogP contribution is -2.30. The zero-order valence-electron chi connectivity index (χ0n) is 18.8. The Kier molecular flexibility index (Phi) is 6.71. The van der Waals surface area contributed by atoms with Crippen LogP contribution in [0.3, 0.4) is 0 Å². The maximum Gasteiger partial charge on any atom is 0.297 e. The molecule has 0 aliphatic heterocycles. The third-order valence-corrected chi connectivity index (χ3v) is 7.70. The number of nitrogens with zero attached hydrogens (tertiary/aromatic N) is 2. The molecular weight excluding hydrogens is 442 g/mol. The van der Waals surface area contributed by atoms with E-state index in [4.69, 9.17) is 4.74 Å². The highest BCUT2D eigenvalue weighted by molar-refractivity contribution is 7.91. The molecule has 0 saturated heterocycles. The summed E-state index contributed by atoms with van der Waals surface area (Å²) in [5, 5.41) is 12.7. The van der Waals surface area contributed by atoms with Gasteiger partial charge in [0, 0.05) is 12.1 Å². The topological polar surface area (TPSA) is 111 Å². The molecule has 0 unspecified atom stereocenters. The quantitative estimate of drug-likeness (QED) is 0.470. The molecule has 1 aliphatic rings. The number of fused-ring (bicyclic) bond motifs is 1. The molecule has 1 fully saturated rings. The Balaban J connectivity index is 1.52. The van der Waals surface area contributed by atoms with Crippen LogP contribution in [0, 0.1) is 5.92 Å². The number of nitrogens with one attached hydrogen (secondary N) is 1. The zero-order valence-corrected chi connectivity index (χ0v) is 19.6. The first-order valence-corrected chi connectivity index (χ1v) is 12.9. The lowest BCUT2D eigenvalue weighted by Gasteiger charge is -2.17. The Morgan fingerprint density at radius 3 is 2.55 bits per heavy atom. The summed E-state index contributed by atoms with van der Waals surface area (Å²) in [6.45, 7) is 4.65. The van der Waals surface area contributed by atoms with E-state index in [-0.39, 0.29) is 23.2 Å². The second-order valence-corrected chi connectivity index (χ2v) is 10.6. The molecule has 0 spiro atoms. The van der Waals surface area contributed by atoms with Gasteiger partial charge in [0.15, 0.2) is 9.84 Å². The SMILES string of the molecule is CCn1c(OCC2CC2)nc2cc(C(=O)N[C@@H](CO)c3ccc(S(=O)(=O)CC)cc3)ccc21. The van der Waals surface area contributed by atoms with Crippen molar-refractivity contribution >= 4 is 26.8 Å². The number of benzene rings is 2. The lowest BCUT2D eigenvalue weighted by molar-refractivity contribution is 0.0916. The van der Waals surface area contributed by atoms with Crippen LogP contribution in [0.2, 0.25) is 0 Å².